The summed E-state index contributed by atoms with van der Waals surface area (Å²) in [7, 11) is 0. The molecule has 0 unspecified atom stereocenters. The SMILES string of the molecule is CC(C)CNC(=O)Nc1cc(Cl)ccc1Cl. The molecule has 3 nitrogen and oxygen atoms in total. The first-order valence-corrected chi connectivity index (χ1v) is 5.74. The number of amides is 2. The van der Waals surface area contributed by atoms with Gasteiger partial charge in [0.15, 0.2) is 0 Å². The van der Waals surface area contributed by atoms with Gasteiger partial charge in [0, 0.05) is 11.6 Å². The molecule has 88 valence electrons. The molecule has 0 bridgehead atoms. The summed E-state index contributed by atoms with van der Waals surface area (Å²) in [6, 6.07) is 4.64. The Morgan fingerprint density at radius 3 is 2.69 bits per heavy atom. The lowest BCUT2D eigenvalue weighted by Gasteiger charge is -2.10. The van der Waals surface area contributed by atoms with E-state index in [4.69, 9.17) is 23.2 Å². The van der Waals surface area contributed by atoms with Crippen molar-refractivity contribution in [2.75, 3.05) is 11.9 Å². The van der Waals surface area contributed by atoms with Crippen molar-refractivity contribution in [2.45, 2.75) is 13.8 Å². The molecule has 0 saturated heterocycles. The quantitative estimate of drug-likeness (QED) is 0.854. The van der Waals surface area contributed by atoms with Crippen molar-refractivity contribution in [1.82, 2.24) is 5.32 Å². The molecule has 0 radical (unpaired) electrons. The van der Waals surface area contributed by atoms with Gasteiger partial charge in [-0.2, -0.15) is 0 Å². The zero-order chi connectivity index (χ0) is 12.1. The fourth-order valence-electron chi connectivity index (χ4n) is 1.06. The van der Waals surface area contributed by atoms with E-state index < -0.39 is 0 Å². The van der Waals surface area contributed by atoms with Crippen molar-refractivity contribution in [2.24, 2.45) is 5.92 Å². The van der Waals surface area contributed by atoms with E-state index in [1.165, 1.54) is 0 Å². The van der Waals surface area contributed by atoms with E-state index in [9.17, 15) is 4.79 Å². The summed E-state index contributed by atoms with van der Waals surface area (Å²) in [5.74, 6) is 0.403. The van der Waals surface area contributed by atoms with Crippen LogP contribution < -0.4 is 10.6 Å². The van der Waals surface area contributed by atoms with E-state index in [1.54, 1.807) is 18.2 Å². The second-order valence-electron chi connectivity index (χ2n) is 3.85. The summed E-state index contributed by atoms with van der Waals surface area (Å²) in [6.07, 6.45) is 0. The Kier molecular flexibility index (Phi) is 4.90. The molecule has 5 heteroatoms. The van der Waals surface area contributed by atoms with Gasteiger partial charge in [-0.05, 0) is 24.1 Å². The average molecular weight is 261 g/mol. The van der Waals surface area contributed by atoms with Crippen LogP contribution in [0.2, 0.25) is 10.0 Å². The van der Waals surface area contributed by atoms with Crippen LogP contribution in [0.25, 0.3) is 0 Å². The van der Waals surface area contributed by atoms with Gasteiger partial charge >= 0.3 is 6.03 Å². The molecule has 0 spiro atoms. The molecule has 1 aromatic rings. The second-order valence-corrected chi connectivity index (χ2v) is 4.70. The minimum Gasteiger partial charge on any atom is -0.338 e. The maximum absolute atomic E-state index is 11.5. The number of nitrogens with one attached hydrogen (secondary N) is 2. The van der Waals surface area contributed by atoms with Gasteiger partial charge in [0.25, 0.3) is 0 Å². The Morgan fingerprint density at radius 2 is 2.06 bits per heavy atom. The molecule has 0 aliphatic heterocycles. The molecular weight excluding hydrogens is 247 g/mol. The summed E-state index contributed by atoms with van der Waals surface area (Å²) in [5, 5.41) is 6.36. The highest BCUT2D eigenvalue weighted by atomic mass is 35.5. The fraction of sp³-hybridized carbons (Fsp3) is 0.364. The fourth-order valence-corrected chi connectivity index (χ4v) is 1.39. The monoisotopic (exact) mass is 260 g/mol. The van der Waals surface area contributed by atoms with Crippen molar-refractivity contribution in [3.63, 3.8) is 0 Å². The van der Waals surface area contributed by atoms with Crippen molar-refractivity contribution < 1.29 is 4.79 Å². The normalized spacial score (nSPS) is 10.3. The van der Waals surface area contributed by atoms with Gasteiger partial charge < -0.3 is 10.6 Å². The molecule has 1 rings (SSSR count). The first kappa shape index (κ1) is 13.1. The van der Waals surface area contributed by atoms with Crippen LogP contribution in [0.3, 0.4) is 0 Å². The van der Waals surface area contributed by atoms with Gasteiger partial charge in [0.05, 0.1) is 10.7 Å². The lowest BCUT2D eigenvalue weighted by Crippen LogP contribution is -2.31. The smallest absolute Gasteiger partial charge is 0.319 e. The molecule has 2 amide bonds. The third-order valence-electron chi connectivity index (χ3n) is 1.85. The van der Waals surface area contributed by atoms with Crippen LogP contribution in [0.4, 0.5) is 10.5 Å². The van der Waals surface area contributed by atoms with Gasteiger partial charge in [0.1, 0.15) is 0 Å². The number of urea groups is 1. The summed E-state index contributed by atoms with van der Waals surface area (Å²) >= 11 is 11.7. The summed E-state index contributed by atoms with van der Waals surface area (Å²) in [6.45, 7) is 4.66. The van der Waals surface area contributed by atoms with Gasteiger partial charge in [-0.3, -0.25) is 0 Å². The molecular formula is C11H14Cl2N2O. The minimum absolute atomic E-state index is 0.280. The molecule has 0 aromatic heterocycles. The Morgan fingerprint density at radius 1 is 1.38 bits per heavy atom. The van der Waals surface area contributed by atoms with Crippen molar-refractivity contribution in [3.8, 4) is 0 Å². The number of halogens is 2. The van der Waals surface area contributed by atoms with Gasteiger partial charge in [-0.15, -0.1) is 0 Å². The Labute approximate surface area is 105 Å². The standard InChI is InChI=1S/C11H14Cl2N2O/c1-7(2)6-14-11(16)15-10-5-8(12)3-4-9(10)13/h3-5,7H,6H2,1-2H3,(H2,14,15,16). The zero-order valence-electron chi connectivity index (χ0n) is 9.18. The van der Waals surface area contributed by atoms with Crippen LogP contribution in [0.15, 0.2) is 18.2 Å². The van der Waals surface area contributed by atoms with E-state index in [-0.39, 0.29) is 6.03 Å². The van der Waals surface area contributed by atoms with Gasteiger partial charge in [-0.1, -0.05) is 37.0 Å². The lowest BCUT2D eigenvalue weighted by atomic mass is 10.2. The molecule has 16 heavy (non-hydrogen) atoms. The van der Waals surface area contributed by atoms with Gasteiger partial charge in [-0.25, -0.2) is 4.79 Å². The molecule has 0 saturated carbocycles. The van der Waals surface area contributed by atoms with E-state index in [2.05, 4.69) is 10.6 Å². The van der Waals surface area contributed by atoms with E-state index in [0.29, 0.717) is 28.2 Å². The van der Waals surface area contributed by atoms with Crippen LogP contribution in [-0.2, 0) is 0 Å². The summed E-state index contributed by atoms with van der Waals surface area (Å²) in [4.78, 5) is 11.5. The van der Waals surface area contributed by atoms with Gasteiger partial charge in [0.2, 0.25) is 0 Å². The highest BCUT2D eigenvalue weighted by Gasteiger charge is 2.06. The van der Waals surface area contributed by atoms with Crippen molar-refractivity contribution >= 4 is 34.9 Å². The lowest BCUT2D eigenvalue weighted by molar-refractivity contribution is 0.251. The maximum Gasteiger partial charge on any atom is 0.319 e. The van der Waals surface area contributed by atoms with Crippen LogP contribution >= 0.6 is 23.2 Å². The van der Waals surface area contributed by atoms with Crippen LogP contribution in [-0.4, -0.2) is 12.6 Å². The zero-order valence-corrected chi connectivity index (χ0v) is 10.7. The number of rotatable bonds is 3. The molecule has 0 heterocycles. The molecule has 0 aliphatic rings. The Balaban J connectivity index is 2.59. The number of carbonyl (C=O) groups excluding carboxylic acids is 1. The van der Waals surface area contributed by atoms with E-state index in [0.717, 1.165) is 0 Å². The highest BCUT2D eigenvalue weighted by Crippen LogP contribution is 2.25. The second kappa shape index (κ2) is 5.97. The average Bonchev–Trinajstić information content (AvgIpc) is 2.20. The first-order valence-electron chi connectivity index (χ1n) is 4.99. The van der Waals surface area contributed by atoms with Crippen molar-refractivity contribution in [3.05, 3.63) is 28.2 Å². The minimum atomic E-state index is -0.280. The third-order valence-corrected chi connectivity index (χ3v) is 2.41. The number of hydrogen-bond donors (Lipinski definition) is 2. The molecule has 0 aliphatic carbocycles. The highest BCUT2D eigenvalue weighted by molar-refractivity contribution is 6.35. The predicted octanol–water partition coefficient (Wildman–Crippen LogP) is 3.77. The first-order chi connectivity index (χ1) is 7.49. The molecule has 0 atom stereocenters. The number of anilines is 1. The summed E-state index contributed by atoms with van der Waals surface area (Å²) in [5.41, 5.74) is 0.510. The van der Waals surface area contributed by atoms with E-state index >= 15 is 0 Å². The topological polar surface area (TPSA) is 41.1 Å². The van der Waals surface area contributed by atoms with E-state index in [1.807, 2.05) is 13.8 Å². The largest absolute Gasteiger partial charge is 0.338 e. The maximum atomic E-state index is 11.5. The number of carbonyl (C=O) groups is 1. The number of hydrogen-bond acceptors (Lipinski definition) is 1. The van der Waals surface area contributed by atoms with Crippen LogP contribution in [0.5, 0.6) is 0 Å². The Hall–Kier alpha value is -0.930. The number of benzene rings is 1. The third kappa shape index (κ3) is 4.29. The van der Waals surface area contributed by atoms with Crippen molar-refractivity contribution in [1.29, 1.82) is 0 Å². The molecule has 0 fully saturated rings. The predicted molar refractivity (Wildman–Crippen MR) is 68.3 cm³/mol. The van der Waals surface area contributed by atoms with Crippen LogP contribution in [0.1, 0.15) is 13.8 Å². The van der Waals surface area contributed by atoms with Crippen LogP contribution in [0, 0.1) is 5.92 Å². The molecule has 2 N–H and O–H groups in total. The Bertz CT molecular complexity index is 380. The summed E-state index contributed by atoms with van der Waals surface area (Å²) < 4.78 is 0. The molecule has 1 aromatic carbocycles.